The lowest BCUT2D eigenvalue weighted by atomic mass is 9.67. The molecule has 0 radical (unpaired) electrons. The van der Waals surface area contributed by atoms with Crippen LogP contribution in [0.1, 0.15) is 43.2 Å². The van der Waals surface area contributed by atoms with Crippen molar-refractivity contribution in [1.29, 1.82) is 0 Å². The largest absolute Gasteiger partial charge is 0.291 e. The fourth-order valence-electron chi connectivity index (χ4n) is 10.4. The number of benzene rings is 8. The van der Waals surface area contributed by atoms with Gasteiger partial charge >= 0.3 is 0 Å². The first kappa shape index (κ1) is 30.8. The maximum absolute atomic E-state index is 5.69. The highest BCUT2D eigenvalue weighted by Gasteiger charge is 2.47. The molecule has 0 saturated heterocycles. The van der Waals surface area contributed by atoms with Crippen molar-refractivity contribution in [2.75, 3.05) is 0 Å². The minimum atomic E-state index is -0.0912. The van der Waals surface area contributed by atoms with Crippen LogP contribution in [0.4, 0.5) is 0 Å². The van der Waals surface area contributed by atoms with Crippen LogP contribution in [0.2, 0.25) is 0 Å². The van der Waals surface area contributed by atoms with Crippen molar-refractivity contribution in [3.05, 3.63) is 175 Å². The van der Waals surface area contributed by atoms with Gasteiger partial charge in [0.2, 0.25) is 0 Å². The Balaban J connectivity index is 1.32. The highest BCUT2D eigenvalue weighted by molar-refractivity contribution is 6.30. The van der Waals surface area contributed by atoms with Gasteiger partial charge in [-0.05, 0) is 80.6 Å². The summed E-state index contributed by atoms with van der Waals surface area (Å²) in [5.41, 5.74) is 14.2. The molecule has 1 spiro atoms. The number of hydrogen-bond donors (Lipinski definition) is 0. The predicted octanol–water partition coefficient (Wildman–Crippen LogP) is 13.6. The number of para-hydroxylation sites is 2. The fourth-order valence-corrected chi connectivity index (χ4v) is 10.4. The zero-order valence-corrected chi connectivity index (χ0v) is 30.5. The van der Waals surface area contributed by atoms with Gasteiger partial charge in [0, 0.05) is 27.1 Å². The summed E-state index contributed by atoms with van der Waals surface area (Å²) in [6.45, 7) is 0. The molecule has 0 N–H and O–H groups in total. The molecule has 2 aliphatic carbocycles. The van der Waals surface area contributed by atoms with Gasteiger partial charge in [0.1, 0.15) is 5.69 Å². The molecule has 3 heteroatoms. The van der Waals surface area contributed by atoms with Gasteiger partial charge in [0.25, 0.3) is 0 Å². The Hall–Kier alpha value is -6.58. The van der Waals surface area contributed by atoms with E-state index < -0.39 is 0 Å². The number of rotatable bonds is 3. The van der Waals surface area contributed by atoms with Crippen LogP contribution in [-0.4, -0.2) is 14.5 Å². The van der Waals surface area contributed by atoms with Crippen LogP contribution in [-0.2, 0) is 5.41 Å². The van der Waals surface area contributed by atoms with Gasteiger partial charge in [-0.3, -0.25) is 4.57 Å². The summed E-state index contributed by atoms with van der Waals surface area (Å²) in [5, 5.41) is 7.64. The van der Waals surface area contributed by atoms with Crippen LogP contribution in [0.5, 0.6) is 0 Å². The molecular formula is C52H37N3. The summed E-state index contributed by atoms with van der Waals surface area (Å²) < 4.78 is 2.56. The summed E-state index contributed by atoms with van der Waals surface area (Å²) >= 11 is 0. The first-order chi connectivity index (χ1) is 27.3. The zero-order chi connectivity index (χ0) is 36.1. The lowest BCUT2D eigenvalue weighted by Crippen LogP contribution is -2.28. The Morgan fingerprint density at radius 1 is 0.473 bits per heavy atom. The zero-order valence-electron chi connectivity index (χ0n) is 30.5. The molecule has 55 heavy (non-hydrogen) atoms. The first-order valence-corrected chi connectivity index (χ1v) is 19.7. The topological polar surface area (TPSA) is 30.7 Å². The molecule has 2 aromatic heterocycles. The van der Waals surface area contributed by atoms with Crippen molar-refractivity contribution >= 4 is 54.4 Å². The van der Waals surface area contributed by atoms with Crippen LogP contribution in [0.3, 0.4) is 0 Å². The molecule has 3 nitrogen and oxygen atoms in total. The van der Waals surface area contributed by atoms with E-state index in [4.69, 9.17) is 9.97 Å². The monoisotopic (exact) mass is 703 g/mol. The Bertz CT molecular complexity index is 3180. The standard InChI is InChI=1S/C52H37N3/c1-3-16-33(17-4-1)35-19-15-20-36(32-35)48-51(54-44-27-12-11-26-43(44)53-48)55-49-37-21-6-5-18-34(37)28-29-41(49)46-39-23-8-7-22-38(39)45-40-24-9-10-25-42(40)52(47(45)50(46)55)30-13-2-14-31-52/h1,3-12,15-29,32H,2,13-14,30-31H2. The van der Waals surface area contributed by atoms with E-state index in [0.29, 0.717) is 0 Å². The summed E-state index contributed by atoms with van der Waals surface area (Å²) in [4.78, 5) is 11.2. The van der Waals surface area contributed by atoms with Crippen molar-refractivity contribution in [3.8, 4) is 39.3 Å². The molecule has 0 unspecified atom stereocenters. The lowest BCUT2D eigenvalue weighted by Gasteiger charge is -2.36. The average molecular weight is 704 g/mol. The number of nitrogens with zero attached hydrogens (tertiary/aromatic N) is 3. The van der Waals surface area contributed by atoms with Gasteiger partial charge in [-0.2, -0.15) is 0 Å². The molecule has 2 heterocycles. The van der Waals surface area contributed by atoms with Crippen LogP contribution < -0.4 is 0 Å². The summed E-state index contributed by atoms with van der Waals surface area (Å²) in [5.74, 6) is 0.875. The van der Waals surface area contributed by atoms with Crippen LogP contribution in [0.15, 0.2) is 164 Å². The Morgan fingerprint density at radius 3 is 2.00 bits per heavy atom. The van der Waals surface area contributed by atoms with E-state index in [1.54, 1.807) is 0 Å². The Kier molecular flexibility index (Phi) is 6.56. The van der Waals surface area contributed by atoms with Crippen molar-refractivity contribution in [3.63, 3.8) is 0 Å². The maximum atomic E-state index is 5.69. The molecule has 0 atom stereocenters. The predicted molar refractivity (Wildman–Crippen MR) is 229 cm³/mol. The van der Waals surface area contributed by atoms with Crippen molar-refractivity contribution in [2.45, 2.75) is 37.5 Å². The quantitative estimate of drug-likeness (QED) is 0.183. The SMILES string of the molecule is c1ccc(-c2cccc(-c3nc4ccccc4nc3-n3c4c5c(c6ccccc6c4c4ccc6ccccc6c43)-c3ccccc3C53CCCCC3)c2)cc1. The van der Waals surface area contributed by atoms with Crippen LogP contribution >= 0.6 is 0 Å². The number of hydrogen-bond acceptors (Lipinski definition) is 2. The minimum Gasteiger partial charge on any atom is -0.291 e. The molecule has 0 bridgehead atoms. The summed E-state index contributed by atoms with van der Waals surface area (Å²) in [7, 11) is 0. The molecule has 0 aliphatic heterocycles. The molecule has 260 valence electrons. The fraction of sp³-hybridized carbons (Fsp3) is 0.115. The number of aromatic nitrogens is 3. The molecule has 10 aromatic rings. The number of fused-ring (bicyclic) bond motifs is 15. The van der Waals surface area contributed by atoms with E-state index in [1.165, 1.54) is 90.4 Å². The normalized spacial score (nSPS) is 14.7. The van der Waals surface area contributed by atoms with Gasteiger partial charge in [-0.25, -0.2) is 9.97 Å². The van der Waals surface area contributed by atoms with E-state index in [1.807, 2.05) is 0 Å². The van der Waals surface area contributed by atoms with Gasteiger partial charge in [0.05, 0.1) is 22.1 Å². The molecular weight excluding hydrogens is 667 g/mol. The van der Waals surface area contributed by atoms with Gasteiger partial charge < -0.3 is 0 Å². The van der Waals surface area contributed by atoms with Crippen LogP contribution in [0.25, 0.3) is 93.7 Å². The van der Waals surface area contributed by atoms with Crippen LogP contribution in [0, 0.1) is 0 Å². The maximum Gasteiger partial charge on any atom is 0.165 e. The Labute approximate surface area is 319 Å². The van der Waals surface area contributed by atoms with E-state index in [2.05, 4.69) is 168 Å². The molecule has 1 fully saturated rings. The van der Waals surface area contributed by atoms with E-state index in [0.717, 1.165) is 46.5 Å². The van der Waals surface area contributed by atoms with Crippen molar-refractivity contribution in [2.24, 2.45) is 0 Å². The third kappa shape index (κ3) is 4.32. The summed E-state index contributed by atoms with van der Waals surface area (Å²) in [6.07, 6.45) is 6.00. The van der Waals surface area contributed by atoms with E-state index in [-0.39, 0.29) is 5.41 Å². The highest BCUT2D eigenvalue weighted by atomic mass is 15.1. The third-order valence-electron chi connectivity index (χ3n) is 12.7. The first-order valence-electron chi connectivity index (χ1n) is 19.7. The third-order valence-corrected chi connectivity index (χ3v) is 12.7. The van der Waals surface area contributed by atoms with Gasteiger partial charge in [-0.1, -0.05) is 165 Å². The molecule has 8 aromatic carbocycles. The minimum absolute atomic E-state index is 0.0912. The van der Waals surface area contributed by atoms with Crippen molar-refractivity contribution in [1.82, 2.24) is 14.5 Å². The second kappa shape index (κ2) is 11.7. The second-order valence-electron chi connectivity index (χ2n) is 15.6. The molecule has 12 rings (SSSR count). The second-order valence-corrected chi connectivity index (χ2v) is 15.6. The van der Waals surface area contributed by atoms with E-state index in [9.17, 15) is 0 Å². The van der Waals surface area contributed by atoms with Gasteiger partial charge in [0.15, 0.2) is 5.82 Å². The smallest absolute Gasteiger partial charge is 0.165 e. The van der Waals surface area contributed by atoms with E-state index >= 15 is 0 Å². The lowest BCUT2D eigenvalue weighted by molar-refractivity contribution is 0.354. The molecule has 1 saturated carbocycles. The average Bonchev–Trinajstić information content (AvgIpc) is 3.75. The molecule has 0 amide bonds. The highest BCUT2D eigenvalue weighted by Crippen LogP contribution is 2.61. The molecule has 2 aliphatic rings. The summed E-state index contributed by atoms with van der Waals surface area (Å²) in [6, 6.07) is 59.9. The Morgan fingerprint density at radius 2 is 1.15 bits per heavy atom. The van der Waals surface area contributed by atoms with Gasteiger partial charge in [-0.15, -0.1) is 0 Å². The van der Waals surface area contributed by atoms with Crippen molar-refractivity contribution < 1.29 is 0 Å².